The number of carbonyl (C=O) groups excluding carboxylic acids is 2. The van der Waals surface area contributed by atoms with Crippen molar-refractivity contribution in [2.24, 2.45) is 0 Å². The summed E-state index contributed by atoms with van der Waals surface area (Å²) in [4.78, 5) is 34.3. The second-order valence-electron chi connectivity index (χ2n) is 6.78. The highest BCUT2D eigenvalue weighted by molar-refractivity contribution is 5.96. The van der Waals surface area contributed by atoms with E-state index in [0.717, 1.165) is 25.2 Å². The van der Waals surface area contributed by atoms with E-state index in [9.17, 15) is 9.59 Å². The van der Waals surface area contributed by atoms with Crippen LogP contribution in [-0.2, 0) is 11.2 Å². The van der Waals surface area contributed by atoms with E-state index < -0.39 is 0 Å². The molecule has 2 amide bonds. The monoisotopic (exact) mass is 350 g/mol. The van der Waals surface area contributed by atoms with E-state index in [2.05, 4.69) is 22.0 Å². The molecule has 134 valence electrons. The lowest BCUT2D eigenvalue weighted by Crippen LogP contribution is -2.48. The summed E-state index contributed by atoms with van der Waals surface area (Å²) >= 11 is 0. The standard InChI is InChI=1S/C20H22N4O2/c1-22-18-4-3-17(14-16(18)2-5-19(22)25)23-10-12-24(13-11-23)20(26)15-6-8-21-9-7-15/h3-4,6-9,14H,2,5,10-13H2,1H3. The van der Waals surface area contributed by atoms with Gasteiger partial charge in [-0.2, -0.15) is 0 Å². The molecule has 0 bridgehead atoms. The SMILES string of the molecule is CN1C(=O)CCc2cc(N3CCN(C(=O)c4ccncc4)CC3)ccc21. The molecular weight excluding hydrogens is 328 g/mol. The summed E-state index contributed by atoms with van der Waals surface area (Å²) in [5.41, 5.74) is 4.09. The molecule has 1 aromatic carbocycles. The first-order chi connectivity index (χ1) is 12.6. The van der Waals surface area contributed by atoms with Crippen molar-refractivity contribution in [3.05, 3.63) is 53.9 Å². The Bertz CT molecular complexity index is 829. The fourth-order valence-electron chi connectivity index (χ4n) is 3.68. The Morgan fingerprint density at radius 3 is 2.46 bits per heavy atom. The summed E-state index contributed by atoms with van der Waals surface area (Å²) in [7, 11) is 1.84. The number of hydrogen-bond donors (Lipinski definition) is 0. The number of pyridine rings is 1. The van der Waals surface area contributed by atoms with Gasteiger partial charge in [-0.05, 0) is 42.3 Å². The minimum Gasteiger partial charge on any atom is -0.368 e. The maximum atomic E-state index is 12.5. The normalized spacial score (nSPS) is 17.3. The quantitative estimate of drug-likeness (QED) is 0.831. The lowest BCUT2D eigenvalue weighted by molar-refractivity contribution is -0.118. The topological polar surface area (TPSA) is 56.8 Å². The van der Waals surface area contributed by atoms with Crippen molar-refractivity contribution in [3.8, 4) is 0 Å². The fraction of sp³-hybridized carbons (Fsp3) is 0.350. The number of aryl methyl sites for hydroxylation is 1. The average molecular weight is 350 g/mol. The Morgan fingerprint density at radius 2 is 1.73 bits per heavy atom. The highest BCUT2D eigenvalue weighted by Crippen LogP contribution is 2.31. The first kappa shape index (κ1) is 16.6. The van der Waals surface area contributed by atoms with Crippen molar-refractivity contribution >= 4 is 23.2 Å². The van der Waals surface area contributed by atoms with Gasteiger partial charge in [-0.1, -0.05) is 0 Å². The molecule has 0 saturated carbocycles. The number of nitrogens with zero attached hydrogens (tertiary/aromatic N) is 4. The number of fused-ring (bicyclic) bond motifs is 1. The van der Waals surface area contributed by atoms with Crippen LogP contribution in [-0.4, -0.2) is 54.9 Å². The Labute approximate surface area is 153 Å². The Balaban J connectivity index is 1.44. The van der Waals surface area contributed by atoms with Crippen LogP contribution in [0.5, 0.6) is 0 Å². The molecule has 0 N–H and O–H groups in total. The molecule has 2 aromatic rings. The highest BCUT2D eigenvalue weighted by Gasteiger charge is 2.25. The van der Waals surface area contributed by atoms with Gasteiger partial charge >= 0.3 is 0 Å². The number of rotatable bonds is 2. The van der Waals surface area contributed by atoms with Crippen LogP contribution in [0.2, 0.25) is 0 Å². The number of benzene rings is 1. The van der Waals surface area contributed by atoms with Crippen LogP contribution in [0.1, 0.15) is 22.3 Å². The number of amides is 2. The molecule has 2 aliphatic rings. The maximum absolute atomic E-state index is 12.5. The molecule has 6 nitrogen and oxygen atoms in total. The maximum Gasteiger partial charge on any atom is 0.254 e. The Hall–Kier alpha value is -2.89. The zero-order chi connectivity index (χ0) is 18.1. The molecule has 0 aliphatic carbocycles. The fourth-order valence-corrected chi connectivity index (χ4v) is 3.68. The smallest absolute Gasteiger partial charge is 0.254 e. The van der Waals surface area contributed by atoms with E-state index in [1.807, 2.05) is 18.0 Å². The second kappa shape index (κ2) is 6.78. The van der Waals surface area contributed by atoms with Crippen molar-refractivity contribution in [1.29, 1.82) is 0 Å². The summed E-state index contributed by atoms with van der Waals surface area (Å²) in [6.07, 6.45) is 4.67. The number of carbonyl (C=O) groups is 2. The summed E-state index contributed by atoms with van der Waals surface area (Å²) in [6.45, 7) is 3.03. The van der Waals surface area contributed by atoms with E-state index in [0.29, 0.717) is 25.1 Å². The van der Waals surface area contributed by atoms with Gasteiger partial charge in [0, 0.05) is 69.0 Å². The number of piperazine rings is 1. The zero-order valence-corrected chi connectivity index (χ0v) is 14.9. The van der Waals surface area contributed by atoms with Gasteiger partial charge < -0.3 is 14.7 Å². The summed E-state index contributed by atoms with van der Waals surface area (Å²) in [5, 5.41) is 0. The predicted octanol–water partition coefficient (Wildman–Crippen LogP) is 1.95. The molecule has 0 unspecified atom stereocenters. The van der Waals surface area contributed by atoms with Gasteiger partial charge in [-0.25, -0.2) is 0 Å². The predicted molar refractivity (Wildman–Crippen MR) is 101 cm³/mol. The van der Waals surface area contributed by atoms with Gasteiger partial charge in [0.2, 0.25) is 5.91 Å². The average Bonchev–Trinajstić information content (AvgIpc) is 2.71. The molecular formula is C20H22N4O2. The van der Waals surface area contributed by atoms with Crippen LogP contribution in [0.15, 0.2) is 42.7 Å². The molecule has 0 atom stereocenters. The van der Waals surface area contributed by atoms with Gasteiger partial charge in [0.05, 0.1) is 0 Å². The van der Waals surface area contributed by atoms with Crippen LogP contribution < -0.4 is 9.80 Å². The van der Waals surface area contributed by atoms with Crippen LogP contribution in [0.4, 0.5) is 11.4 Å². The van der Waals surface area contributed by atoms with Crippen molar-refractivity contribution in [2.75, 3.05) is 43.0 Å². The van der Waals surface area contributed by atoms with Crippen molar-refractivity contribution in [3.63, 3.8) is 0 Å². The van der Waals surface area contributed by atoms with Gasteiger partial charge in [0.25, 0.3) is 5.91 Å². The number of aromatic nitrogens is 1. The van der Waals surface area contributed by atoms with Crippen LogP contribution >= 0.6 is 0 Å². The Morgan fingerprint density at radius 1 is 1.00 bits per heavy atom. The first-order valence-electron chi connectivity index (χ1n) is 8.97. The van der Waals surface area contributed by atoms with E-state index in [1.165, 1.54) is 11.3 Å². The third kappa shape index (κ3) is 3.03. The molecule has 4 rings (SSSR count). The molecule has 3 heterocycles. The number of anilines is 2. The van der Waals surface area contributed by atoms with Crippen LogP contribution in [0, 0.1) is 0 Å². The van der Waals surface area contributed by atoms with E-state index in [1.54, 1.807) is 29.4 Å². The minimum absolute atomic E-state index is 0.0672. The molecule has 6 heteroatoms. The second-order valence-corrected chi connectivity index (χ2v) is 6.78. The van der Waals surface area contributed by atoms with Gasteiger partial charge in [0.1, 0.15) is 0 Å². The van der Waals surface area contributed by atoms with Crippen molar-refractivity contribution in [2.45, 2.75) is 12.8 Å². The molecule has 2 aliphatic heterocycles. The van der Waals surface area contributed by atoms with Gasteiger partial charge in [-0.15, -0.1) is 0 Å². The largest absolute Gasteiger partial charge is 0.368 e. The van der Waals surface area contributed by atoms with Gasteiger partial charge in [-0.3, -0.25) is 14.6 Å². The van der Waals surface area contributed by atoms with Gasteiger partial charge in [0.15, 0.2) is 0 Å². The Kier molecular flexibility index (Phi) is 4.32. The molecule has 0 spiro atoms. The lowest BCUT2D eigenvalue weighted by Gasteiger charge is -2.37. The van der Waals surface area contributed by atoms with Crippen molar-refractivity contribution in [1.82, 2.24) is 9.88 Å². The van der Waals surface area contributed by atoms with E-state index in [-0.39, 0.29) is 11.8 Å². The molecule has 1 aromatic heterocycles. The summed E-state index contributed by atoms with van der Waals surface area (Å²) < 4.78 is 0. The lowest BCUT2D eigenvalue weighted by atomic mass is 10.0. The minimum atomic E-state index is 0.0672. The molecule has 26 heavy (non-hydrogen) atoms. The zero-order valence-electron chi connectivity index (χ0n) is 14.9. The summed E-state index contributed by atoms with van der Waals surface area (Å²) in [5.74, 6) is 0.242. The molecule has 0 radical (unpaired) electrons. The van der Waals surface area contributed by atoms with Crippen LogP contribution in [0.3, 0.4) is 0 Å². The number of hydrogen-bond acceptors (Lipinski definition) is 4. The van der Waals surface area contributed by atoms with E-state index >= 15 is 0 Å². The van der Waals surface area contributed by atoms with E-state index in [4.69, 9.17) is 0 Å². The summed E-state index contributed by atoms with van der Waals surface area (Å²) in [6, 6.07) is 9.83. The van der Waals surface area contributed by atoms with Crippen LogP contribution in [0.25, 0.3) is 0 Å². The third-order valence-corrected chi connectivity index (χ3v) is 5.27. The first-order valence-corrected chi connectivity index (χ1v) is 8.97. The molecule has 1 saturated heterocycles. The third-order valence-electron chi connectivity index (χ3n) is 5.27. The highest BCUT2D eigenvalue weighted by atomic mass is 16.2. The van der Waals surface area contributed by atoms with Crippen molar-refractivity contribution < 1.29 is 9.59 Å². The molecule has 1 fully saturated rings.